The van der Waals surface area contributed by atoms with Gasteiger partial charge in [0.2, 0.25) is 5.91 Å². The quantitative estimate of drug-likeness (QED) is 0.626. The van der Waals surface area contributed by atoms with Gasteiger partial charge in [0.15, 0.2) is 5.13 Å². The van der Waals surface area contributed by atoms with Gasteiger partial charge in [-0.3, -0.25) is 9.69 Å². The van der Waals surface area contributed by atoms with Crippen LogP contribution in [-0.2, 0) is 11.3 Å². The van der Waals surface area contributed by atoms with E-state index in [4.69, 9.17) is 16.3 Å². The van der Waals surface area contributed by atoms with E-state index in [-0.39, 0.29) is 12.0 Å². The van der Waals surface area contributed by atoms with Gasteiger partial charge >= 0.3 is 0 Å². The molecule has 4 rings (SSSR count). The highest BCUT2D eigenvalue weighted by atomic mass is 35.5. The van der Waals surface area contributed by atoms with E-state index >= 15 is 0 Å². The number of hydrogen-bond donors (Lipinski definition) is 1. The van der Waals surface area contributed by atoms with E-state index in [0.29, 0.717) is 16.3 Å². The minimum absolute atomic E-state index is 0.101. The molecular weight excluding hydrogens is 396 g/mol. The first-order valence-electron chi connectivity index (χ1n) is 9.15. The first-order chi connectivity index (χ1) is 13.5. The summed E-state index contributed by atoms with van der Waals surface area (Å²) in [6, 6.07) is 8.27. The predicted octanol–water partition coefficient (Wildman–Crippen LogP) is 4.34. The van der Waals surface area contributed by atoms with Gasteiger partial charge in [0.25, 0.3) is 0 Å². The van der Waals surface area contributed by atoms with Crippen molar-refractivity contribution in [2.75, 3.05) is 11.9 Å². The van der Waals surface area contributed by atoms with E-state index in [2.05, 4.69) is 27.1 Å². The number of amides is 1. The number of aromatic nitrogens is 2. The Bertz CT molecular complexity index is 1010. The number of anilines is 1. The normalized spacial score (nSPS) is 19.8. The van der Waals surface area contributed by atoms with Crippen LogP contribution in [0.1, 0.15) is 25.1 Å². The molecule has 2 atom stereocenters. The molecule has 28 heavy (non-hydrogen) atoms. The fraction of sp³-hybridized carbons (Fsp3) is 0.350. The van der Waals surface area contributed by atoms with Gasteiger partial charge in [0.1, 0.15) is 17.0 Å². The Balaban J connectivity index is 1.40. The summed E-state index contributed by atoms with van der Waals surface area (Å²) in [5.41, 5.74) is 0. The number of thiazole rings is 1. The van der Waals surface area contributed by atoms with E-state index in [0.717, 1.165) is 40.9 Å². The van der Waals surface area contributed by atoms with Crippen molar-refractivity contribution >= 4 is 44.7 Å². The monoisotopic (exact) mass is 416 g/mol. The largest absolute Gasteiger partial charge is 0.489 e. The Hall–Kier alpha value is -2.22. The Kier molecular flexibility index (Phi) is 5.48. The Labute approximate surface area is 172 Å². The molecule has 146 valence electrons. The van der Waals surface area contributed by atoms with Crippen LogP contribution in [0, 0.1) is 0 Å². The number of ether oxygens (including phenoxy) is 1. The van der Waals surface area contributed by atoms with Crippen molar-refractivity contribution in [2.24, 2.45) is 0 Å². The number of benzene rings is 1. The average Bonchev–Trinajstić information content (AvgIpc) is 3.21. The number of carbonyl (C=O) groups excluding carboxylic acids is 1. The number of nitrogens with zero attached hydrogens (tertiary/aromatic N) is 3. The molecule has 0 saturated carbocycles. The fourth-order valence-electron chi connectivity index (χ4n) is 3.53. The molecule has 1 N–H and O–H groups in total. The second-order valence-corrected chi connectivity index (χ2v) is 8.52. The summed E-state index contributed by atoms with van der Waals surface area (Å²) in [7, 11) is 0. The van der Waals surface area contributed by atoms with Crippen molar-refractivity contribution in [1.82, 2.24) is 14.9 Å². The number of fused-ring (bicyclic) bond motifs is 1. The van der Waals surface area contributed by atoms with Crippen LogP contribution in [0.25, 0.3) is 10.8 Å². The van der Waals surface area contributed by atoms with Gasteiger partial charge in [-0.05, 0) is 36.6 Å². The van der Waals surface area contributed by atoms with Gasteiger partial charge in [-0.15, -0.1) is 11.3 Å². The van der Waals surface area contributed by atoms with Crippen molar-refractivity contribution in [3.05, 3.63) is 46.7 Å². The van der Waals surface area contributed by atoms with Crippen LogP contribution in [0.4, 0.5) is 5.13 Å². The molecule has 1 fully saturated rings. The van der Waals surface area contributed by atoms with Crippen LogP contribution >= 0.6 is 22.9 Å². The molecule has 0 aliphatic carbocycles. The maximum atomic E-state index is 11.2. The van der Waals surface area contributed by atoms with Crippen LogP contribution in [0.2, 0.25) is 5.15 Å². The molecule has 6 nitrogen and oxygen atoms in total. The van der Waals surface area contributed by atoms with Crippen molar-refractivity contribution in [1.29, 1.82) is 0 Å². The molecule has 1 aliphatic rings. The number of rotatable bonds is 5. The zero-order chi connectivity index (χ0) is 19.7. The molecule has 3 heterocycles. The highest BCUT2D eigenvalue weighted by Gasteiger charge is 2.30. The molecule has 1 saturated heterocycles. The summed E-state index contributed by atoms with van der Waals surface area (Å²) in [6.45, 7) is 5.36. The zero-order valence-electron chi connectivity index (χ0n) is 15.7. The van der Waals surface area contributed by atoms with E-state index in [1.54, 1.807) is 6.20 Å². The SMILES string of the molecule is CC(=O)Nc1ncc(CN2C[C@H](Oc3ccc4c(Cl)nccc4c3)C[C@@H]2C)s1. The van der Waals surface area contributed by atoms with Crippen LogP contribution < -0.4 is 10.1 Å². The van der Waals surface area contributed by atoms with Gasteiger partial charge in [0.05, 0.1) is 0 Å². The van der Waals surface area contributed by atoms with E-state index in [9.17, 15) is 4.79 Å². The van der Waals surface area contributed by atoms with Crippen molar-refractivity contribution in [3.63, 3.8) is 0 Å². The Morgan fingerprint density at radius 1 is 1.39 bits per heavy atom. The lowest BCUT2D eigenvalue weighted by Gasteiger charge is -2.19. The highest BCUT2D eigenvalue weighted by molar-refractivity contribution is 7.15. The third-order valence-electron chi connectivity index (χ3n) is 4.85. The standard InChI is InChI=1S/C20H21ClN4O2S/c1-12-7-16(10-25(12)11-17-9-23-20(28-17)24-13(2)26)27-15-3-4-18-14(8-15)5-6-22-19(18)21/h3-6,8-9,12,16H,7,10-11H2,1-2H3,(H,23,24,26)/t12-,16+/m0/s1. The first-order valence-corrected chi connectivity index (χ1v) is 10.3. The lowest BCUT2D eigenvalue weighted by molar-refractivity contribution is -0.114. The lowest BCUT2D eigenvalue weighted by atomic mass is 10.1. The molecule has 3 aromatic rings. The Morgan fingerprint density at radius 3 is 3.07 bits per heavy atom. The number of pyridine rings is 1. The van der Waals surface area contributed by atoms with Gasteiger partial charge in [-0.25, -0.2) is 9.97 Å². The van der Waals surface area contributed by atoms with Crippen molar-refractivity contribution < 1.29 is 9.53 Å². The van der Waals surface area contributed by atoms with Crippen molar-refractivity contribution in [3.8, 4) is 5.75 Å². The minimum Gasteiger partial charge on any atom is -0.489 e. The summed E-state index contributed by atoms with van der Waals surface area (Å²) in [5, 5.41) is 5.84. The molecule has 1 aromatic carbocycles. The zero-order valence-corrected chi connectivity index (χ0v) is 17.3. The molecular formula is C20H21ClN4O2S. The highest BCUT2D eigenvalue weighted by Crippen LogP contribution is 2.29. The van der Waals surface area contributed by atoms with Crippen LogP contribution in [0.15, 0.2) is 36.7 Å². The summed E-state index contributed by atoms with van der Waals surface area (Å²) in [4.78, 5) is 23.0. The number of halogens is 1. The number of likely N-dealkylation sites (tertiary alicyclic amines) is 1. The molecule has 0 unspecified atom stereocenters. The molecule has 1 amide bonds. The second-order valence-electron chi connectivity index (χ2n) is 7.05. The number of nitrogens with one attached hydrogen (secondary N) is 1. The van der Waals surface area contributed by atoms with Crippen LogP contribution in [-0.4, -0.2) is 39.5 Å². The van der Waals surface area contributed by atoms with Gasteiger partial charge < -0.3 is 10.1 Å². The molecule has 8 heteroatoms. The van der Waals surface area contributed by atoms with Gasteiger partial charge in [-0.2, -0.15) is 0 Å². The first kappa shape index (κ1) is 19.1. The van der Waals surface area contributed by atoms with E-state index in [1.807, 2.05) is 30.5 Å². The molecule has 0 spiro atoms. The third kappa shape index (κ3) is 4.27. The number of carbonyl (C=O) groups is 1. The van der Waals surface area contributed by atoms with Crippen LogP contribution in [0.5, 0.6) is 5.75 Å². The Morgan fingerprint density at radius 2 is 2.25 bits per heavy atom. The smallest absolute Gasteiger partial charge is 0.223 e. The summed E-state index contributed by atoms with van der Waals surface area (Å²) in [5.74, 6) is 0.746. The lowest BCUT2D eigenvalue weighted by Crippen LogP contribution is -2.27. The van der Waals surface area contributed by atoms with Gasteiger partial charge in [0, 0.05) is 55.1 Å². The topological polar surface area (TPSA) is 67.4 Å². The van der Waals surface area contributed by atoms with E-state index in [1.165, 1.54) is 18.3 Å². The molecule has 0 radical (unpaired) electrons. The van der Waals surface area contributed by atoms with Crippen LogP contribution in [0.3, 0.4) is 0 Å². The maximum Gasteiger partial charge on any atom is 0.223 e. The third-order valence-corrected chi connectivity index (χ3v) is 6.05. The number of hydrogen-bond acceptors (Lipinski definition) is 6. The van der Waals surface area contributed by atoms with Crippen molar-refractivity contribution in [2.45, 2.75) is 39.0 Å². The molecule has 1 aliphatic heterocycles. The second kappa shape index (κ2) is 8.03. The fourth-order valence-corrected chi connectivity index (χ4v) is 4.64. The average molecular weight is 417 g/mol. The molecule has 2 aromatic heterocycles. The summed E-state index contributed by atoms with van der Waals surface area (Å²) in [6.07, 6.45) is 4.63. The minimum atomic E-state index is -0.101. The summed E-state index contributed by atoms with van der Waals surface area (Å²) >= 11 is 7.65. The van der Waals surface area contributed by atoms with E-state index < -0.39 is 0 Å². The maximum absolute atomic E-state index is 11.2. The van der Waals surface area contributed by atoms with Gasteiger partial charge in [-0.1, -0.05) is 11.6 Å². The summed E-state index contributed by atoms with van der Waals surface area (Å²) < 4.78 is 6.25. The molecule has 0 bridgehead atoms. The predicted molar refractivity (Wildman–Crippen MR) is 112 cm³/mol.